The fraction of sp³-hybridized carbons (Fsp3) is 0.500. The van der Waals surface area contributed by atoms with E-state index in [1.54, 1.807) is 30.8 Å². The summed E-state index contributed by atoms with van der Waals surface area (Å²) in [5.41, 5.74) is 0.829. The van der Waals surface area contributed by atoms with Crippen LogP contribution >= 0.6 is 0 Å². The summed E-state index contributed by atoms with van der Waals surface area (Å²) >= 11 is 0. The molecule has 0 aromatic carbocycles. The third kappa shape index (κ3) is 2.86. The van der Waals surface area contributed by atoms with Crippen LogP contribution in [0.5, 0.6) is 0 Å². The summed E-state index contributed by atoms with van der Waals surface area (Å²) in [6.07, 6.45) is 15.5. The van der Waals surface area contributed by atoms with E-state index >= 15 is 0 Å². The van der Waals surface area contributed by atoms with Gasteiger partial charge in [-0.15, -0.1) is 5.10 Å². The fourth-order valence-electron chi connectivity index (χ4n) is 6.24. The van der Waals surface area contributed by atoms with E-state index in [-0.39, 0.29) is 17.5 Å². The van der Waals surface area contributed by atoms with Crippen LogP contribution in [-0.2, 0) is 5.54 Å². The smallest absolute Gasteiger partial charge is 0.296 e. The number of hydrogen-bond acceptors (Lipinski definition) is 5. The molecule has 1 amide bonds. The zero-order valence-electron chi connectivity index (χ0n) is 17.6. The number of aromatic nitrogens is 4. The highest BCUT2D eigenvalue weighted by atomic mass is 16.3. The van der Waals surface area contributed by atoms with Crippen molar-refractivity contribution in [2.45, 2.75) is 69.4 Å². The first-order chi connectivity index (χ1) is 15.3. The quantitative estimate of drug-likeness (QED) is 0.598. The minimum absolute atomic E-state index is 0.0495. The van der Waals surface area contributed by atoms with Crippen LogP contribution in [0.2, 0.25) is 0 Å². The largest absolute Gasteiger partial charge is 0.459 e. The van der Waals surface area contributed by atoms with Gasteiger partial charge < -0.3 is 4.42 Å². The zero-order valence-corrected chi connectivity index (χ0v) is 17.6. The van der Waals surface area contributed by atoms with Gasteiger partial charge in [-0.05, 0) is 49.9 Å². The summed E-state index contributed by atoms with van der Waals surface area (Å²) in [6.45, 7) is 0. The van der Waals surface area contributed by atoms with Crippen molar-refractivity contribution in [1.29, 1.82) is 0 Å². The second-order valence-corrected chi connectivity index (χ2v) is 9.16. The van der Waals surface area contributed by atoms with E-state index in [0.29, 0.717) is 23.5 Å². The van der Waals surface area contributed by atoms with Gasteiger partial charge in [0.2, 0.25) is 5.95 Å². The summed E-state index contributed by atoms with van der Waals surface area (Å²) in [4.78, 5) is 24.7. The van der Waals surface area contributed by atoms with Gasteiger partial charge in [-0.25, -0.2) is 4.68 Å². The first kappa shape index (κ1) is 18.8. The molecule has 0 saturated heterocycles. The van der Waals surface area contributed by atoms with Crippen LogP contribution in [0.4, 0.5) is 5.95 Å². The third-order valence-electron chi connectivity index (χ3n) is 7.57. The monoisotopic (exact) mass is 417 g/mol. The van der Waals surface area contributed by atoms with Crippen molar-refractivity contribution in [3.05, 3.63) is 48.7 Å². The zero-order chi connectivity index (χ0) is 20.8. The van der Waals surface area contributed by atoms with Crippen molar-refractivity contribution in [2.24, 2.45) is 5.92 Å². The summed E-state index contributed by atoms with van der Waals surface area (Å²) in [5, 5.41) is 5.04. The molecule has 6 rings (SSSR count). The maximum absolute atomic E-state index is 13.6. The van der Waals surface area contributed by atoms with Gasteiger partial charge in [0, 0.05) is 29.9 Å². The molecule has 3 aromatic heterocycles. The van der Waals surface area contributed by atoms with Crippen molar-refractivity contribution in [2.75, 3.05) is 4.90 Å². The molecule has 7 nitrogen and oxygen atoms in total. The lowest BCUT2D eigenvalue weighted by Gasteiger charge is -2.55. The molecule has 1 spiro atoms. The Morgan fingerprint density at radius 1 is 1.06 bits per heavy atom. The predicted octanol–water partition coefficient (Wildman–Crippen LogP) is 4.81. The van der Waals surface area contributed by atoms with Crippen LogP contribution in [-0.4, -0.2) is 31.7 Å². The molecule has 2 atom stereocenters. The van der Waals surface area contributed by atoms with Crippen molar-refractivity contribution < 1.29 is 9.21 Å². The molecular formula is C24H27N5O2. The predicted molar refractivity (Wildman–Crippen MR) is 116 cm³/mol. The highest BCUT2D eigenvalue weighted by molar-refractivity contribution is 6.04. The number of furan rings is 1. The summed E-state index contributed by atoms with van der Waals surface area (Å²) in [7, 11) is 0. The Bertz CT molecular complexity index is 1070. The van der Waals surface area contributed by atoms with Crippen LogP contribution in [0, 0.1) is 5.92 Å². The lowest BCUT2D eigenvalue weighted by molar-refractivity contribution is 0.0309. The maximum Gasteiger partial charge on any atom is 0.296 e. The van der Waals surface area contributed by atoms with Crippen molar-refractivity contribution in [1.82, 2.24) is 19.7 Å². The van der Waals surface area contributed by atoms with Crippen LogP contribution in [0.25, 0.3) is 11.4 Å². The minimum atomic E-state index is -0.112. The number of carbonyl (C=O) groups excluding carboxylic acids is 1. The first-order valence-electron chi connectivity index (χ1n) is 11.5. The SMILES string of the molecule is O=C(c1ccco1)N1c2nc(-c3cccnc3)nn2C2(CCCCC2)C2CCCCC21. The molecule has 2 fully saturated rings. The van der Waals surface area contributed by atoms with E-state index < -0.39 is 0 Å². The third-order valence-corrected chi connectivity index (χ3v) is 7.57. The van der Waals surface area contributed by atoms with Gasteiger partial charge in [0.15, 0.2) is 11.6 Å². The molecule has 7 heteroatoms. The Morgan fingerprint density at radius 2 is 1.94 bits per heavy atom. The van der Waals surface area contributed by atoms with Gasteiger partial charge in [0.25, 0.3) is 5.91 Å². The van der Waals surface area contributed by atoms with Gasteiger partial charge in [-0.3, -0.25) is 14.7 Å². The van der Waals surface area contributed by atoms with Crippen LogP contribution < -0.4 is 4.90 Å². The number of fused-ring (bicyclic) bond motifs is 4. The van der Waals surface area contributed by atoms with E-state index in [9.17, 15) is 4.79 Å². The lowest BCUT2D eigenvalue weighted by Crippen LogP contribution is -2.61. The van der Waals surface area contributed by atoms with Crippen molar-refractivity contribution in [3.63, 3.8) is 0 Å². The van der Waals surface area contributed by atoms with Gasteiger partial charge in [0.1, 0.15) is 0 Å². The standard InChI is InChI=1S/C24H27N5O2/c30-22(20-11-7-15-31-20)28-19-10-3-2-9-18(19)24(12-4-1-5-13-24)29-23(28)26-21(27-29)17-8-6-14-25-16-17/h6-8,11,14-16,18-19H,1-5,9-10,12-13H2. The second kappa shape index (κ2) is 7.32. The van der Waals surface area contributed by atoms with Crippen molar-refractivity contribution in [3.8, 4) is 11.4 Å². The van der Waals surface area contributed by atoms with E-state index in [0.717, 1.165) is 37.7 Å². The number of carbonyl (C=O) groups is 1. The maximum atomic E-state index is 13.6. The molecule has 2 saturated carbocycles. The number of pyridine rings is 1. The Morgan fingerprint density at radius 3 is 2.71 bits per heavy atom. The molecular weight excluding hydrogens is 390 g/mol. The normalized spacial score (nSPS) is 24.6. The Labute approximate surface area is 181 Å². The number of amides is 1. The van der Waals surface area contributed by atoms with Gasteiger partial charge in [-0.1, -0.05) is 32.1 Å². The van der Waals surface area contributed by atoms with E-state index in [1.165, 1.54) is 25.7 Å². The summed E-state index contributed by atoms with van der Waals surface area (Å²) in [5.74, 6) is 1.96. The van der Waals surface area contributed by atoms with Gasteiger partial charge in [-0.2, -0.15) is 4.98 Å². The minimum Gasteiger partial charge on any atom is -0.459 e. The molecule has 0 bridgehead atoms. The topological polar surface area (TPSA) is 77.1 Å². The first-order valence-corrected chi connectivity index (χ1v) is 11.5. The van der Waals surface area contributed by atoms with Crippen LogP contribution in [0.15, 0.2) is 47.3 Å². The van der Waals surface area contributed by atoms with E-state index in [4.69, 9.17) is 14.5 Å². The Kier molecular flexibility index (Phi) is 4.44. The molecule has 31 heavy (non-hydrogen) atoms. The number of nitrogens with zero attached hydrogens (tertiary/aromatic N) is 5. The Hall–Kier alpha value is -2.96. The molecule has 2 aliphatic carbocycles. The average Bonchev–Trinajstić information content (AvgIpc) is 3.52. The van der Waals surface area contributed by atoms with Crippen molar-refractivity contribution >= 4 is 11.9 Å². The highest BCUT2D eigenvalue weighted by Gasteiger charge is 2.55. The molecule has 2 unspecified atom stereocenters. The summed E-state index contributed by atoms with van der Waals surface area (Å²) < 4.78 is 7.64. The van der Waals surface area contributed by atoms with E-state index in [1.807, 2.05) is 17.0 Å². The number of anilines is 1. The second-order valence-electron chi connectivity index (χ2n) is 9.16. The van der Waals surface area contributed by atoms with Crippen LogP contribution in [0.3, 0.4) is 0 Å². The summed E-state index contributed by atoms with van der Waals surface area (Å²) in [6, 6.07) is 7.53. The fourth-order valence-corrected chi connectivity index (χ4v) is 6.24. The van der Waals surface area contributed by atoms with Crippen LogP contribution in [0.1, 0.15) is 68.3 Å². The lowest BCUT2D eigenvalue weighted by atomic mass is 9.64. The van der Waals surface area contributed by atoms with Gasteiger partial charge in [0.05, 0.1) is 11.8 Å². The Balaban J connectivity index is 1.55. The number of rotatable bonds is 2. The molecule has 160 valence electrons. The molecule has 0 radical (unpaired) electrons. The molecule has 3 aromatic rings. The van der Waals surface area contributed by atoms with E-state index in [2.05, 4.69) is 9.67 Å². The highest BCUT2D eigenvalue weighted by Crippen LogP contribution is 2.53. The van der Waals surface area contributed by atoms with Gasteiger partial charge >= 0.3 is 0 Å². The molecule has 3 aliphatic rings. The average molecular weight is 418 g/mol. The number of hydrogen-bond donors (Lipinski definition) is 0. The molecule has 0 N–H and O–H groups in total. The molecule has 1 aliphatic heterocycles. The molecule has 4 heterocycles.